The number of nitrogens with two attached hydrogens (primary N) is 1. The zero-order chi connectivity index (χ0) is 13.8. The standard InChI is InChI=1S/C16H20N2OS/c17-18-14(11-15-2-1-9-20-15)5-3-12-4-6-16-13(10-12)7-8-19-16/h1-2,4,6,9-10,14,18H,3,5,7-8,11,17H2. The van der Waals surface area contributed by atoms with Crippen molar-refractivity contribution in [3.8, 4) is 5.75 Å². The Kier molecular flexibility index (Phi) is 4.35. The molecule has 0 fully saturated rings. The van der Waals surface area contributed by atoms with Gasteiger partial charge in [-0.1, -0.05) is 18.2 Å². The lowest BCUT2D eigenvalue weighted by Gasteiger charge is -2.15. The van der Waals surface area contributed by atoms with Gasteiger partial charge < -0.3 is 4.74 Å². The molecule has 3 N–H and O–H groups in total. The van der Waals surface area contributed by atoms with Crippen LogP contribution >= 0.6 is 11.3 Å². The molecule has 0 saturated heterocycles. The van der Waals surface area contributed by atoms with Crippen LogP contribution < -0.4 is 16.0 Å². The number of fused-ring (bicyclic) bond motifs is 1. The summed E-state index contributed by atoms with van der Waals surface area (Å²) in [6, 6.07) is 11.1. The van der Waals surface area contributed by atoms with Crippen LogP contribution in [0.25, 0.3) is 0 Å². The third-order valence-corrected chi connectivity index (χ3v) is 4.70. The first-order valence-corrected chi connectivity index (χ1v) is 7.96. The number of hydrogen-bond donors (Lipinski definition) is 2. The number of thiophene rings is 1. The van der Waals surface area contributed by atoms with Crippen LogP contribution in [0.5, 0.6) is 5.75 Å². The molecule has 0 amide bonds. The van der Waals surface area contributed by atoms with Crippen molar-refractivity contribution < 1.29 is 4.74 Å². The van der Waals surface area contributed by atoms with E-state index in [1.165, 1.54) is 16.0 Å². The first-order valence-electron chi connectivity index (χ1n) is 7.08. The predicted octanol–water partition coefficient (Wildman–Crippen LogP) is 2.69. The normalized spacial score (nSPS) is 14.8. The molecule has 0 aliphatic carbocycles. The van der Waals surface area contributed by atoms with Crippen LogP contribution in [0, 0.1) is 0 Å². The lowest BCUT2D eigenvalue weighted by atomic mass is 10.0. The minimum Gasteiger partial charge on any atom is -0.493 e. The van der Waals surface area contributed by atoms with E-state index in [1.54, 1.807) is 11.3 Å². The van der Waals surface area contributed by atoms with Crippen LogP contribution in [0.15, 0.2) is 35.7 Å². The second-order valence-electron chi connectivity index (χ2n) is 5.23. The number of aryl methyl sites for hydroxylation is 1. The number of hydrazine groups is 1. The van der Waals surface area contributed by atoms with Gasteiger partial charge in [0, 0.05) is 17.3 Å². The molecular weight excluding hydrogens is 268 g/mol. The molecule has 2 aromatic rings. The van der Waals surface area contributed by atoms with Crippen molar-refractivity contribution in [2.45, 2.75) is 31.7 Å². The van der Waals surface area contributed by atoms with Crippen LogP contribution in [0.3, 0.4) is 0 Å². The number of benzene rings is 1. The Morgan fingerprint density at radius 1 is 1.35 bits per heavy atom. The molecule has 1 unspecified atom stereocenters. The maximum atomic E-state index is 5.68. The fraction of sp³-hybridized carbons (Fsp3) is 0.375. The lowest BCUT2D eigenvalue weighted by Crippen LogP contribution is -2.36. The molecular formula is C16H20N2OS. The van der Waals surface area contributed by atoms with Gasteiger partial charge in [0.15, 0.2) is 0 Å². The zero-order valence-corrected chi connectivity index (χ0v) is 12.3. The van der Waals surface area contributed by atoms with E-state index in [-0.39, 0.29) is 0 Å². The first-order chi connectivity index (χ1) is 9.85. The maximum absolute atomic E-state index is 5.68. The molecule has 3 nitrogen and oxygen atoms in total. The summed E-state index contributed by atoms with van der Waals surface area (Å²) in [6.45, 7) is 0.824. The van der Waals surface area contributed by atoms with Crippen molar-refractivity contribution >= 4 is 11.3 Å². The average molecular weight is 288 g/mol. The van der Waals surface area contributed by atoms with Crippen LogP contribution in [0.2, 0.25) is 0 Å². The molecule has 2 heterocycles. The molecule has 0 bridgehead atoms. The van der Waals surface area contributed by atoms with E-state index < -0.39 is 0 Å². The Balaban J connectivity index is 1.57. The van der Waals surface area contributed by atoms with E-state index in [1.807, 2.05) is 0 Å². The van der Waals surface area contributed by atoms with E-state index >= 15 is 0 Å². The molecule has 0 spiro atoms. The molecule has 4 heteroatoms. The van der Waals surface area contributed by atoms with Gasteiger partial charge in [0.25, 0.3) is 0 Å². The van der Waals surface area contributed by atoms with Gasteiger partial charge in [-0.05, 0) is 47.9 Å². The minimum atomic E-state index is 0.332. The summed E-state index contributed by atoms with van der Waals surface area (Å²) in [6.07, 6.45) is 4.14. The largest absolute Gasteiger partial charge is 0.493 e. The van der Waals surface area contributed by atoms with E-state index in [0.717, 1.165) is 38.0 Å². The van der Waals surface area contributed by atoms with Crippen molar-refractivity contribution in [2.24, 2.45) is 5.84 Å². The smallest absolute Gasteiger partial charge is 0.122 e. The van der Waals surface area contributed by atoms with Crippen molar-refractivity contribution in [3.63, 3.8) is 0 Å². The summed E-state index contributed by atoms with van der Waals surface area (Å²) < 4.78 is 5.54. The average Bonchev–Trinajstić information content (AvgIpc) is 3.13. The third-order valence-electron chi connectivity index (χ3n) is 3.80. The topological polar surface area (TPSA) is 47.3 Å². The highest BCUT2D eigenvalue weighted by molar-refractivity contribution is 7.09. The van der Waals surface area contributed by atoms with Crippen molar-refractivity contribution in [1.82, 2.24) is 5.43 Å². The molecule has 1 aromatic carbocycles. The van der Waals surface area contributed by atoms with Crippen LogP contribution in [0.1, 0.15) is 22.4 Å². The second kappa shape index (κ2) is 6.39. The van der Waals surface area contributed by atoms with E-state index in [0.29, 0.717) is 6.04 Å². The highest BCUT2D eigenvalue weighted by Crippen LogP contribution is 2.26. The third kappa shape index (κ3) is 3.20. The molecule has 3 rings (SSSR count). The van der Waals surface area contributed by atoms with Gasteiger partial charge in [0.2, 0.25) is 0 Å². The molecule has 1 atom stereocenters. The summed E-state index contributed by atoms with van der Waals surface area (Å²) in [7, 11) is 0. The highest BCUT2D eigenvalue weighted by Gasteiger charge is 2.13. The molecule has 20 heavy (non-hydrogen) atoms. The number of nitrogens with one attached hydrogen (secondary N) is 1. The molecule has 0 saturated carbocycles. The maximum Gasteiger partial charge on any atom is 0.122 e. The fourth-order valence-corrected chi connectivity index (χ4v) is 3.44. The molecule has 1 aromatic heterocycles. The van der Waals surface area contributed by atoms with Crippen LogP contribution in [-0.2, 0) is 19.3 Å². The second-order valence-corrected chi connectivity index (χ2v) is 6.26. The summed E-state index contributed by atoms with van der Waals surface area (Å²) in [4.78, 5) is 1.38. The fourth-order valence-electron chi connectivity index (χ4n) is 2.65. The van der Waals surface area contributed by atoms with Gasteiger partial charge in [-0.2, -0.15) is 0 Å². The lowest BCUT2D eigenvalue weighted by molar-refractivity contribution is 0.357. The Bertz CT molecular complexity index is 554. The van der Waals surface area contributed by atoms with Gasteiger partial charge in [-0.15, -0.1) is 11.3 Å². The Morgan fingerprint density at radius 2 is 2.30 bits per heavy atom. The highest BCUT2D eigenvalue weighted by atomic mass is 32.1. The van der Waals surface area contributed by atoms with E-state index in [4.69, 9.17) is 10.6 Å². The van der Waals surface area contributed by atoms with Gasteiger partial charge in [-0.3, -0.25) is 11.3 Å². The first kappa shape index (κ1) is 13.6. The Labute approximate surface area is 123 Å². The minimum absolute atomic E-state index is 0.332. The number of rotatable bonds is 6. The summed E-state index contributed by atoms with van der Waals surface area (Å²) in [5.74, 6) is 6.73. The van der Waals surface area contributed by atoms with Crippen molar-refractivity contribution in [1.29, 1.82) is 0 Å². The summed E-state index contributed by atoms with van der Waals surface area (Å²) in [5, 5.41) is 2.11. The predicted molar refractivity (Wildman–Crippen MR) is 83.1 cm³/mol. The zero-order valence-electron chi connectivity index (χ0n) is 11.5. The van der Waals surface area contributed by atoms with Crippen molar-refractivity contribution in [2.75, 3.05) is 6.61 Å². The summed E-state index contributed by atoms with van der Waals surface area (Å²) >= 11 is 1.79. The SMILES string of the molecule is NNC(CCc1ccc2c(c1)CCO2)Cc1cccs1. The molecule has 1 aliphatic heterocycles. The molecule has 1 aliphatic rings. The quantitative estimate of drug-likeness (QED) is 0.634. The van der Waals surface area contributed by atoms with E-state index in [9.17, 15) is 0 Å². The van der Waals surface area contributed by atoms with Crippen molar-refractivity contribution in [3.05, 3.63) is 51.7 Å². The van der Waals surface area contributed by atoms with Crippen LogP contribution in [-0.4, -0.2) is 12.6 Å². The summed E-state index contributed by atoms with van der Waals surface area (Å²) in [5.41, 5.74) is 5.67. The Morgan fingerprint density at radius 3 is 3.10 bits per heavy atom. The van der Waals surface area contributed by atoms with Gasteiger partial charge in [-0.25, -0.2) is 0 Å². The van der Waals surface area contributed by atoms with Gasteiger partial charge in [0.05, 0.1) is 6.61 Å². The van der Waals surface area contributed by atoms with E-state index in [2.05, 4.69) is 41.1 Å². The number of ether oxygens (including phenoxy) is 1. The van der Waals surface area contributed by atoms with Crippen LogP contribution in [0.4, 0.5) is 0 Å². The molecule has 106 valence electrons. The van der Waals surface area contributed by atoms with Gasteiger partial charge in [0.1, 0.15) is 5.75 Å². The van der Waals surface area contributed by atoms with Gasteiger partial charge >= 0.3 is 0 Å². The monoisotopic (exact) mass is 288 g/mol. The number of hydrogen-bond acceptors (Lipinski definition) is 4. The molecule has 0 radical (unpaired) electrons. The Hall–Kier alpha value is -1.36.